The van der Waals surface area contributed by atoms with Gasteiger partial charge < -0.3 is 19.8 Å². The molecule has 0 aliphatic carbocycles. The van der Waals surface area contributed by atoms with E-state index in [-0.39, 0.29) is 11.7 Å². The zero-order chi connectivity index (χ0) is 18.4. The van der Waals surface area contributed by atoms with Crippen molar-refractivity contribution in [1.82, 2.24) is 9.88 Å². The maximum absolute atomic E-state index is 12.9. The summed E-state index contributed by atoms with van der Waals surface area (Å²) in [6.45, 7) is 6.46. The number of rotatable bonds is 7. The minimum absolute atomic E-state index is 0.0232. The van der Waals surface area contributed by atoms with Crippen LogP contribution >= 0.6 is 0 Å². The van der Waals surface area contributed by atoms with Crippen LogP contribution in [0.15, 0.2) is 42.5 Å². The first-order valence-electron chi connectivity index (χ1n) is 8.10. The van der Waals surface area contributed by atoms with Gasteiger partial charge in [-0.1, -0.05) is 30.3 Å². The molecule has 25 heavy (non-hydrogen) atoms. The van der Waals surface area contributed by atoms with Crippen molar-refractivity contribution in [3.8, 4) is 5.75 Å². The van der Waals surface area contributed by atoms with Gasteiger partial charge >= 0.3 is 5.82 Å². The molecule has 132 valence electrons. The fourth-order valence-electron chi connectivity index (χ4n) is 2.47. The predicted molar refractivity (Wildman–Crippen MR) is 93.4 cm³/mol. The van der Waals surface area contributed by atoms with Crippen molar-refractivity contribution in [3.05, 3.63) is 63.8 Å². The molecule has 0 aliphatic heterocycles. The van der Waals surface area contributed by atoms with E-state index in [9.17, 15) is 14.9 Å². The third-order valence-corrected chi connectivity index (χ3v) is 3.80. The summed E-state index contributed by atoms with van der Waals surface area (Å²) in [6.07, 6.45) is -0.968. The third-order valence-electron chi connectivity index (χ3n) is 3.80. The minimum atomic E-state index is -0.968. The van der Waals surface area contributed by atoms with E-state index in [0.717, 1.165) is 0 Å². The van der Waals surface area contributed by atoms with Crippen molar-refractivity contribution in [2.45, 2.75) is 26.9 Å². The van der Waals surface area contributed by atoms with E-state index in [1.165, 1.54) is 6.07 Å². The van der Waals surface area contributed by atoms with Crippen LogP contribution < -0.4 is 4.74 Å². The summed E-state index contributed by atoms with van der Waals surface area (Å²) in [5.41, 5.74) is 1.14. The van der Waals surface area contributed by atoms with E-state index in [1.54, 1.807) is 42.2 Å². The molecule has 2 rings (SSSR count). The van der Waals surface area contributed by atoms with E-state index in [1.807, 2.05) is 19.9 Å². The minimum Gasteiger partial charge on any atom is -0.467 e. The average Bonchev–Trinajstić information content (AvgIpc) is 2.62. The number of nitro groups is 1. The fourth-order valence-corrected chi connectivity index (χ4v) is 2.47. The lowest BCUT2D eigenvalue weighted by Crippen LogP contribution is -2.37. The number of benzene rings is 1. The number of pyridine rings is 1. The Morgan fingerprint density at radius 1 is 1.20 bits per heavy atom. The largest absolute Gasteiger partial charge is 0.467 e. The molecule has 7 nitrogen and oxygen atoms in total. The molecule has 1 atom stereocenters. The molecule has 7 heteroatoms. The molecule has 0 unspecified atom stereocenters. The summed E-state index contributed by atoms with van der Waals surface area (Å²) < 4.78 is 5.80. The SMILES string of the molecule is CCN(CC)C(=O)[C@@H](Oc1ccc(C)nc1[N+](=O)[O-])c1ccccc1. The second-order valence-electron chi connectivity index (χ2n) is 5.45. The van der Waals surface area contributed by atoms with Crippen molar-refractivity contribution in [1.29, 1.82) is 0 Å². The van der Waals surface area contributed by atoms with Crippen LogP contribution in [-0.2, 0) is 4.79 Å². The number of likely N-dealkylation sites (N-methyl/N-ethyl adjacent to an activating group) is 1. The Hall–Kier alpha value is -2.96. The summed E-state index contributed by atoms with van der Waals surface area (Å²) in [5.74, 6) is -0.663. The molecule has 1 aromatic heterocycles. The van der Waals surface area contributed by atoms with Crippen molar-refractivity contribution in [3.63, 3.8) is 0 Å². The number of ether oxygens (including phenoxy) is 1. The Bertz CT molecular complexity index is 745. The molecule has 0 bridgehead atoms. The normalized spacial score (nSPS) is 11.6. The Morgan fingerprint density at radius 2 is 1.84 bits per heavy atom. The maximum atomic E-state index is 12.9. The fraction of sp³-hybridized carbons (Fsp3) is 0.333. The number of nitrogens with zero attached hydrogens (tertiary/aromatic N) is 3. The molecule has 0 N–H and O–H groups in total. The second-order valence-corrected chi connectivity index (χ2v) is 5.45. The monoisotopic (exact) mass is 343 g/mol. The Balaban J connectivity index is 2.44. The summed E-state index contributed by atoms with van der Waals surface area (Å²) in [7, 11) is 0. The molecule has 0 saturated heterocycles. The highest BCUT2D eigenvalue weighted by Crippen LogP contribution is 2.30. The van der Waals surface area contributed by atoms with Crippen molar-refractivity contribution in [2.24, 2.45) is 0 Å². The van der Waals surface area contributed by atoms with Gasteiger partial charge in [0.1, 0.15) is 5.69 Å². The van der Waals surface area contributed by atoms with Gasteiger partial charge in [-0.3, -0.25) is 4.79 Å². The molecule has 1 amide bonds. The van der Waals surface area contributed by atoms with E-state index >= 15 is 0 Å². The van der Waals surface area contributed by atoms with Gasteiger partial charge in [-0.2, -0.15) is 0 Å². The highest BCUT2D eigenvalue weighted by Gasteiger charge is 2.29. The van der Waals surface area contributed by atoms with Crippen LogP contribution in [0.1, 0.15) is 31.2 Å². The lowest BCUT2D eigenvalue weighted by molar-refractivity contribution is -0.390. The van der Waals surface area contributed by atoms with Crippen LogP contribution in [0.3, 0.4) is 0 Å². The quantitative estimate of drug-likeness (QED) is 0.569. The van der Waals surface area contributed by atoms with E-state index < -0.39 is 16.8 Å². The summed E-state index contributed by atoms with van der Waals surface area (Å²) in [4.78, 5) is 29.1. The number of hydrogen-bond acceptors (Lipinski definition) is 5. The summed E-state index contributed by atoms with van der Waals surface area (Å²) in [5, 5.41) is 11.3. The summed E-state index contributed by atoms with van der Waals surface area (Å²) >= 11 is 0. The van der Waals surface area contributed by atoms with Crippen LogP contribution in [0.2, 0.25) is 0 Å². The van der Waals surface area contributed by atoms with E-state index in [0.29, 0.717) is 24.3 Å². The number of amides is 1. The molecule has 0 fully saturated rings. The first-order chi connectivity index (χ1) is 12.0. The van der Waals surface area contributed by atoms with Gasteiger partial charge in [-0.25, -0.2) is 0 Å². The van der Waals surface area contributed by atoms with E-state index in [4.69, 9.17) is 4.74 Å². The van der Waals surface area contributed by atoms with Gasteiger partial charge in [0.2, 0.25) is 11.9 Å². The Labute approximate surface area is 146 Å². The van der Waals surface area contributed by atoms with Gasteiger partial charge in [0.05, 0.1) is 0 Å². The molecule has 0 saturated carbocycles. The maximum Gasteiger partial charge on any atom is 0.406 e. The predicted octanol–water partition coefficient (Wildman–Crippen LogP) is 3.29. The molecule has 0 spiro atoms. The second kappa shape index (κ2) is 8.23. The van der Waals surface area contributed by atoms with Crippen LogP contribution in [0.5, 0.6) is 5.75 Å². The summed E-state index contributed by atoms with van der Waals surface area (Å²) in [6, 6.07) is 12.0. The zero-order valence-corrected chi connectivity index (χ0v) is 14.5. The van der Waals surface area contributed by atoms with E-state index in [2.05, 4.69) is 4.98 Å². The van der Waals surface area contributed by atoms with Crippen LogP contribution in [-0.4, -0.2) is 33.8 Å². The molecule has 1 aromatic carbocycles. The molecular weight excluding hydrogens is 322 g/mol. The first-order valence-corrected chi connectivity index (χ1v) is 8.10. The number of carbonyl (C=O) groups is 1. The van der Waals surface area contributed by atoms with Crippen molar-refractivity contribution >= 4 is 11.7 Å². The van der Waals surface area contributed by atoms with Crippen molar-refractivity contribution in [2.75, 3.05) is 13.1 Å². The van der Waals surface area contributed by atoms with Gasteiger partial charge in [0.15, 0.2) is 0 Å². The smallest absolute Gasteiger partial charge is 0.406 e. The Morgan fingerprint density at radius 3 is 2.40 bits per heavy atom. The highest BCUT2D eigenvalue weighted by atomic mass is 16.6. The highest BCUT2D eigenvalue weighted by molar-refractivity contribution is 5.82. The molecule has 2 aromatic rings. The molecule has 1 heterocycles. The van der Waals surface area contributed by atoms with Gasteiger partial charge in [-0.15, -0.1) is 0 Å². The lowest BCUT2D eigenvalue weighted by Gasteiger charge is -2.25. The average molecular weight is 343 g/mol. The number of aromatic nitrogens is 1. The zero-order valence-electron chi connectivity index (χ0n) is 14.5. The third kappa shape index (κ3) is 4.32. The van der Waals surface area contributed by atoms with Gasteiger partial charge in [-0.05, 0) is 35.9 Å². The van der Waals surface area contributed by atoms with Crippen LogP contribution in [0.4, 0.5) is 5.82 Å². The standard InChI is InChI=1S/C18H21N3O4/c1-4-20(5-2)18(22)16(14-9-7-6-8-10-14)25-15-12-11-13(3)19-17(15)21(23)24/h6-12,16H,4-5H2,1-3H3/t16-/m0/s1. The topological polar surface area (TPSA) is 85.6 Å². The van der Waals surface area contributed by atoms with Crippen LogP contribution in [0, 0.1) is 17.0 Å². The first kappa shape index (κ1) is 18.4. The van der Waals surface area contributed by atoms with Gasteiger partial charge in [0.25, 0.3) is 5.91 Å². The van der Waals surface area contributed by atoms with Crippen molar-refractivity contribution < 1.29 is 14.5 Å². The molecular formula is C18H21N3O4. The molecule has 0 radical (unpaired) electrons. The Kier molecular flexibility index (Phi) is 6.05. The lowest BCUT2D eigenvalue weighted by atomic mass is 10.1. The van der Waals surface area contributed by atoms with Crippen LogP contribution in [0.25, 0.3) is 0 Å². The number of aryl methyl sites for hydroxylation is 1. The molecule has 0 aliphatic rings. The van der Waals surface area contributed by atoms with Gasteiger partial charge in [0, 0.05) is 25.6 Å². The number of hydrogen-bond donors (Lipinski definition) is 0. The number of carbonyl (C=O) groups excluding carboxylic acids is 1.